The molecule has 0 aliphatic heterocycles. The molecule has 0 fully saturated rings. The summed E-state index contributed by atoms with van der Waals surface area (Å²) >= 11 is 1.08. The van der Waals surface area contributed by atoms with Gasteiger partial charge in [0.25, 0.3) is 11.1 Å². The number of carbonyl (C=O) groups is 1. The lowest BCUT2D eigenvalue weighted by molar-refractivity contribution is 0.101. The van der Waals surface area contributed by atoms with E-state index in [4.69, 9.17) is 4.42 Å². The van der Waals surface area contributed by atoms with Crippen LogP contribution in [0.2, 0.25) is 0 Å². The van der Waals surface area contributed by atoms with E-state index >= 15 is 0 Å². The van der Waals surface area contributed by atoms with Crippen molar-refractivity contribution in [3.8, 4) is 23.1 Å². The predicted octanol–water partition coefficient (Wildman–Crippen LogP) is 2.45. The van der Waals surface area contributed by atoms with E-state index < -0.39 is 0 Å². The summed E-state index contributed by atoms with van der Waals surface area (Å²) in [7, 11) is 0. The van der Waals surface area contributed by atoms with Crippen LogP contribution in [0.1, 0.15) is 10.4 Å². The minimum Gasteiger partial charge on any atom is -0.508 e. The van der Waals surface area contributed by atoms with Crippen LogP contribution in [0.25, 0.3) is 11.6 Å². The zero-order valence-electron chi connectivity index (χ0n) is 11.2. The first kappa shape index (κ1) is 14.2. The number of hydrogen-bond acceptors (Lipinski definition) is 7. The van der Waals surface area contributed by atoms with Gasteiger partial charge in [-0.3, -0.25) is 4.79 Å². The molecule has 2 aromatic heterocycles. The summed E-state index contributed by atoms with van der Waals surface area (Å²) in [4.78, 5) is 15.0. The van der Waals surface area contributed by atoms with Gasteiger partial charge in [-0.25, -0.2) is 0 Å². The minimum atomic E-state index is -0.304. The third kappa shape index (κ3) is 2.96. The van der Waals surface area contributed by atoms with Crippen molar-refractivity contribution < 1.29 is 19.4 Å². The van der Waals surface area contributed by atoms with Gasteiger partial charge in [0.1, 0.15) is 17.2 Å². The maximum atomic E-state index is 12.0. The second kappa shape index (κ2) is 5.94. The van der Waals surface area contributed by atoms with Gasteiger partial charge < -0.3 is 19.6 Å². The van der Waals surface area contributed by atoms with Crippen molar-refractivity contribution in [2.45, 2.75) is 5.22 Å². The van der Waals surface area contributed by atoms with Crippen LogP contribution in [0, 0.1) is 0 Å². The van der Waals surface area contributed by atoms with Gasteiger partial charge >= 0.3 is 0 Å². The maximum Gasteiger partial charge on any atom is 0.277 e. The Morgan fingerprint density at radius 3 is 2.86 bits per heavy atom. The predicted molar refractivity (Wildman–Crippen MR) is 78.9 cm³/mol. The number of thioether (sulfide) groups is 1. The van der Waals surface area contributed by atoms with E-state index in [2.05, 4.69) is 15.2 Å². The lowest BCUT2D eigenvalue weighted by atomic mass is 10.1. The molecule has 0 aliphatic carbocycles. The number of aromatic amines is 1. The molecular formula is C14H11N3O4S. The molecule has 0 bridgehead atoms. The second-order valence-corrected chi connectivity index (χ2v) is 5.30. The van der Waals surface area contributed by atoms with Gasteiger partial charge in [-0.05, 0) is 24.3 Å². The van der Waals surface area contributed by atoms with Crippen LogP contribution in [-0.2, 0) is 0 Å². The van der Waals surface area contributed by atoms with Gasteiger partial charge in [-0.15, -0.1) is 10.2 Å². The zero-order valence-corrected chi connectivity index (χ0v) is 12.0. The number of nitrogens with one attached hydrogen (secondary N) is 1. The van der Waals surface area contributed by atoms with E-state index in [1.807, 2.05) is 6.07 Å². The standard InChI is InChI=1S/C14H11N3O4S/c18-8-3-4-9(11(19)6-8)12(20)7-22-14-17-16-13(21-14)10-2-1-5-15-10/h1-6,15,18-19H,7H2. The van der Waals surface area contributed by atoms with Crippen molar-refractivity contribution >= 4 is 17.5 Å². The van der Waals surface area contributed by atoms with Crippen molar-refractivity contribution in [1.82, 2.24) is 15.2 Å². The first-order chi connectivity index (χ1) is 10.6. The fraction of sp³-hybridized carbons (Fsp3) is 0.0714. The van der Waals surface area contributed by atoms with Crippen molar-refractivity contribution in [3.05, 3.63) is 42.1 Å². The van der Waals surface area contributed by atoms with Gasteiger partial charge in [0.15, 0.2) is 5.78 Å². The Bertz CT molecular complexity index is 798. The highest BCUT2D eigenvalue weighted by Gasteiger charge is 2.15. The molecule has 1 aromatic carbocycles. The molecule has 3 rings (SSSR count). The maximum absolute atomic E-state index is 12.0. The van der Waals surface area contributed by atoms with Crippen molar-refractivity contribution in [2.75, 3.05) is 5.75 Å². The Morgan fingerprint density at radius 1 is 1.27 bits per heavy atom. The number of benzene rings is 1. The van der Waals surface area contributed by atoms with Crippen LogP contribution in [0.3, 0.4) is 0 Å². The van der Waals surface area contributed by atoms with Gasteiger partial charge in [0.05, 0.1) is 11.3 Å². The molecule has 0 amide bonds. The molecule has 0 saturated carbocycles. The van der Waals surface area contributed by atoms with Crippen LogP contribution < -0.4 is 0 Å². The largest absolute Gasteiger partial charge is 0.508 e. The summed E-state index contributed by atoms with van der Waals surface area (Å²) in [6.07, 6.45) is 1.74. The number of Topliss-reactive ketones (excluding diaryl/α,β-unsaturated/α-hetero) is 1. The molecule has 0 radical (unpaired) electrons. The van der Waals surface area contributed by atoms with E-state index in [0.717, 1.165) is 17.8 Å². The van der Waals surface area contributed by atoms with Crippen LogP contribution >= 0.6 is 11.8 Å². The highest BCUT2D eigenvalue weighted by molar-refractivity contribution is 7.99. The Balaban J connectivity index is 1.66. The van der Waals surface area contributed by atoms with Crippen LogP contribution in [0.4, 0.5) is 0 Å². The Kier molecular flexibility index (Phi) is 3.84. The molecule has 112 valence electrons. The third-order valence-corrected chi connectivity index (χ3v) is 3.66. The molecular weight excluding hydrogens is 306 g/mol. The number of hydrogen-bond donors (Lipinski definition) is 3. The first-order valence-electron chi connectivity index (χ1n) is 6.29. The monoisotopic (exact) mass is 317 g/mol. The topological polar surface area (TPSA) is 112 Å². The molecule has 0 spiro atoms. The summed E-state index contributed by atoms with van der Waals surface area (Å²) in [5, 5.41) is 26.8. The molecule has 3 N–H and O–H groups in total. The van der Waals surface area contributed by atoms with Gasteiger partial charge in [0, 0.05) is 12.3 Å². The summed E-state index contributed by atoms with van der Waals surface area (Å²) < 4.78 is 5.42. The number of carbonyl (C=O) groups excluding carboxylic acids is 1. The number of rotatable bonds is 5. The molecule has 0 aliphatic rings. The molecule has 22 heavy (non-hydrogen) atoms. The molecule has 2 heterocycles. The Hall–Kier alpha value is -2.74. The number of phenols is 2. The average Bonchev–Trinajstić information content (AvgIpc) is 3.16. The van der Waals surface area contributed by atoms with Crippen molar-refractivity contribution in [3.63, 3.8) is 0 Å². The highest BCUT2D eigenvalue weighted by atomic mass is 32.2. The average molecular weight is 317 g/mol. The highest BCUT2D eigenvalue weighted by Crippen LogP contribution is 2.26. The minimum absolute atomic E-state index is 0.0324. The van der Waals surface area contributed by atoms with Crippen molar-refractivity contribution in [2.24, 2.45) is 0 Å². The molecule has 7 nitrogen and oxygen atoms in total. The van der Waals surface area contributed by atoms with E-state index in [9.17, 15) is 15.0 Å². The quantitative estimate of drug-likeness (QED) is 0.489. The number of ketones is 1. The molecule has 3 aromatic rings. The molecule has 8 heteroatoms. The van der Waals surface area contributed by atoms with E-state index in [0.29, 0.717) is 11.6 Å². The molecule has 0 unspecified atom stereocenters. The number of phenolic OH excluding ortho intramolecular Hbond substituents is 2. The van der Waals surface area contributed by atoms with Crippen molar-refractivity contribution in [1.29, 1.82) is 0 Å². The fourth-order valence-corrected chi connectivity index (χ4v) is 2.45. The van der Waals surface area contributed by atoms with Crippen LogP contribution in [0.5, 0.6) is 11.5 Å². The fourth-order valence-electron chi connectivity index (χ4n) is 1.80. The van der Waals surface area contributed by atoms with Gasteiger partial charge in [-0.2, -0.15) is 0 Å². The lowest BCUT2D eigenvalue weighted by Crippen LogP contribution is -2.02. The van der Waals surface area contributed by atoms with E-state index in [1.165, 1.54) is 12.1 Å². The Morgan fingerprint density at radius 2 is 2.14 bits per heavy atom. The third-order valence-electron chi connectivity index (χ3n) is 2.84. The Labute approximate surface area is 129 Å². The summed E-state index contributed by atoms with van der Waals surface area (Å²) in [6, 6.07) is 7.43. The summed E-state index contributed by atoms with van der Waals surface area (Å²) in [5.74, 6) is -0.294. The number of nitrogens with zero attached hydrogens (tertiary/aromatic N) is 2. The SMILES string of the molecule is O=C(CSc1nnc(-c2ccc[nH]2)o1)c1ccc(O)cc1O. The van der Waals surface area contributed by atoms with Crippen LogP contribution in [-0.4, -0.2) is 36.9 Å². The number of H-pyrrole nitrogens is 1. The van der Waals surface area contributed by atoms with Gasteiger partial charge in [0.2, 0.25) is 0 Å². The van der Waals surface area contributed by atoms with E-state index in [1.54, 1.807) is 12.3 Å². The second-order valence-electron chi connectivity index (χ2n) is 4.37. The number of aromatic hydroxyl groups is 2. The van der Waals surface area contributed by atoms with Crippen LogP contribution in [0.15, 0.2) is 46.2 Å². The first-order valence-corrected chi connectivity index (χ1v) is 7.27. The number of aromatic nitrogens is 3. The van der Waals surface area contributed by atoms with Gasteiger partial charge in [-0.1, -0.05) is 11.8 Å². The molecule has 0 atom stereocenters. The normalized spacial score (nSPS) is 10.7. The van der Waals surface area contributed by atoms with E-state index in [-0.39, 0.29) is 33.8 Å². The molecule has 0 saturated heterocycles. The lowest BCUT2D eigenvalue weighted by Gasteiger charge is -2.02. The smallest absolute Gasteiger partial charge is 0.277 e. The zero-order chi connectivity index (χ0) is 15.5. The summed E-state index contributed by atoms with van der Waals surface area (Å²) in [6.45, 7) is 0. The summed E-state index contributed by atoms with van der Waals surface area (Å²) in [5.41, 5.74) is 0.830.